The first kappa shape index (κ1) is 12.5. The van der Waals surface area contributed by atoms with E-state index in [0.29, 0.717) is 5.69 Å². The number of aryl methyl sites for hydroxylation is 1. The molecule has 0 aliphatic rings. The molecule has 18 heavy (non-hydrogen) atoms. The second-order valence-electron chi connectivity index (χ2n) is 4.59. The number of rotatable bonds is 3. The van der Waals surface area contributed by atoms with Crippen molar-refractivity contribution in [3.63, 3.8) is 0 Å². The van der Waals surface area contributed by atoms with Gasteiger partial charge in [0.25, 0.3) is 5.56 Å². The van der Waals surface area contributed by atoms with E-state index in [-0.39, 0.29) is 5.56 Å². The number of nitrogens with two attached hydrogens (primary N) is 1. The summed E-state index contributed by atoms with van der Waals surface area (Å²) in [5.74, 6) is 0. The summed E-state index contributed by atoms with van der Waals surface area (Å²) in [6.45, 7) is 4.10. The standard InChI is InChI=1S/C14H19N3O/c1-4-5-12-13(15)14(18)17(16(12)3)11-8-6-10(2)7-9-11/h6-9H,4-5,15H2,1-3H3. The predicted molar refractivity (Wildman–Crippen MR) is 74.2 cm³/mol. The zero-order valence-electron chi connectivity index (χ0n) is 11.1. The summed E-state index contributed by atoms with van der Waals surface area (Å²) in [7, 11) is 1.88. The summed E-state index contributed by atoms with van der Waals surface area (Å²) in [5, 5.41) is 0. The van der Waals surface area contributed by atoms with Gasteiger partial charge in [0.15, 0.2) is 0 Å². The highest BCUT2D eigenvalue weighted by atomic mass is 16.1. The van der Waals surface area contributed by atoms with Crippen LogP contribution in [0.1, 0.15) is 24.6 Å². The molecule has 0 atom stereocenters. The smallest absolute Gasteiger partial charge is 0.294 e. The van der Waals surface area contributed by atoms with E-state index in [4.69, 9.17) is 5.73 Å². The Morgan fingerprint density at radius 3 is 2.39 bits per heavy atom. The van der Waals surface area contributed by atoms with Crippen LogP contribution in [0.3, 0.4) is 0 Å². The van der Waals surface area contributed by atoms with E-state index in [9.17, 15) is 4.79 Å². The van der Waals surface area contributed by atoms with Crippen LogP contribution in [0, 0.1) is 6.92 Å². The molecule has 0 saturated heterocycles. The minimum absolute atomic E-state index is 0.134. The quantitative estimate of drug-likeness (QED) is 0.899. The molecule has 4 nitrogen and oxygen atoms in total. The van der Waals surface area contributed by atoms with Gasteiger partial charge in [-0.25, -0.2) is 4.68 Å². The van der Waals surface area contributed by atoms with Gasteiger partial charge in [-0.1, -0.05) is 31.0 Å². The van der Waals surface area contributed by atoms with Crippen LogP contribution < -0.4 is 11.3 Å². The molecule has 0 aliphatic carbocycles. The van der Waals surface area contributed by atoms with Crippen molar-refractivity contribution in [2.24, 2.45) is 7.05 Å². The van der Waals surface area contributed by atoms with Gasteiger partial charge in [-0.3, -0.25) is 9.48 Å². The normalized spacial score (nSPS) is 10.8. The first-order valence-corrected chi connectivity index (χ1v) is 6.19. The van der Waals surface area contributed by atoms with Crippen molar-refractivity contribution in [3.05, 3.63) is 45.9 Å². The van der Waals surface area contributed by atoms with Crippen molar-refractivity contribution in [2.45, 2.75) is 26.7 Å². The Balaban J connectivity index is 2.61. The predicted octanol–water partition coefficient (Wildman–Crippen LogP) is 2.02. The van der Waals surface area contributed by atoms with Gasteiger partial charge in [0.2, 0.25) is 0 Å². The van der Waals surface area contributed by atoms with Crippen LogP contribution in [0.2, 0.25) is 0 Å². The minimum atomic E-state index is -0.134. The molecule has 0 fully saturated rings. The number of nitrogen functional groups attached to an aromatic ring is 1. The second-order valence-corrected chi connectivity index (χ2v) is 4.59. The highest BCUT2D eigenvalue weighted by molar-refractivity contribution is 5.45. The summed E-state index contributed by atoms with van der Waals surface area (Å²) in [5.41, 5.74) is 9.05. The average Bonchev–Trinajstić information content (AvgIpc) is 2.56. The fraction of sp³-hybridized carbons (Fsp3) is 0.357. The van der Waals surface area contributed by atoms with Gasteiger partial charge in [-0.05, 0) is 25.5 Å². The Hall–Kier alpha value is -1.97. The van der Waals surface area contributed by atoms with Gasteiger partial charge >= 0.3 is 0 Å². The van der Waals surface area contributed by atoms with E-state index in [1.807, 2.05) is 42.9 Å². The van der Waals surface area contributed by atoms with Crippen LogP contribution in [-0.4, -0.2) is 9.36 Å². The van der Waals surface area contributed by atoms with E-state index >= 15 is 0 Å². The topological polar surface area (TPSA) is 53.0 Å². The minimum Gasteiger partial charge on any atom is -0.393 e. The van der Waals surface area contributed by atoms with Crippen LogP contribution in [0.4, 0.5) is 5.69 Å². The van der Waals surface area contributed by atoms with Crippen LogP contribution in [-0.2, 0) is 13.5 Å². The Morgan fingerprint density at radius 1 is 1.22 bits per heavy atom. The monoisotopic (exact) mass is 245 g/mol. The van der Waals surface area contributed by atoms with Gasteiger partial charge in [-0.2, -0.15) is 0 Å². The first-order chi connectivity index (χ1) is 8.56. The maximum Gasteiger partial charge on any atom is 0.294 e. The molecule has 0 saturated carbocycles. The molecule has 0 radical (unpaired) electrons. The molecule has 0 spiro atoms. The summed E-state index contributed by atoms with van der Waals surface area (Å²) < 4.78 is 3.48. The van der Waals surface area contributed by atoms with E-state index in [1.54, 1.807) is 4.68 Å². The van der Waals surface area contributed by atoms with Crippen molar-refractivity contribution in [2.75, 3.05) is 5.73 Å². The number of nitrogens with zero attached hydrogens (tertiary/aromatic N) is 2. The number of aromatic nitrogens is 2. The summed E-state index contributed by atoms with van der Waals surface area (Å²) in [6, 6.07) is 7.85. The molecule has 1 aromatic carbocycles. The third-order valence-electron chi connectivity index (χ3n) is 3.19. The lowest BCUT2D eigenvalue weighted by Gasteiger charge is -2.09. The molecule has 96 valence electrons. The molecule has 1 aromatic heterocycles. The summed E-state index contributed by atoms with van der Waals surface area (Å²) in [6.07, 6.45) is 1.78. The Bertz CT molecular complexity index is 605. The summed E-state index contributed by atoms with van der Waals surface area (Å²) in [4.78, 5) is 12.2. The second kappa shape index (κ2) is 4.72. The van der Waals surface area contributed by atoms with Gasteiger partial charge < -0.3 is 5.73 Å². The number of hydrogen-bond acceptors (Lipinski definition) is 2. The maximum atomic E-state index is 12.2. The van der Waals surface area contributed by atoms with Crippen molar-refractivity contribution in [1.29, 1.82) is 0 Å². The zero-order chi connectivity index (χ0) is 13.3. The van der Waals surface area contributed by atoms with Gasteiger partial charge in [-0.15, -0.1) is 0 Å². The molecule has 0 aliphatic heterocycles. The Morgan fingerprint density at radius 2 is 1.83 bits per heavy atom. The number of benzene rings is 1. The number of hydrogen-bond donors (Lipinski definition) is 1. The lowest BCUT2D eigenvalue weighted by atomic mass is 10.2. The largest absolute Gasteiger partial charge is 0.393 e. The molecule has 0 amide bonds. The van der Waals surface area contributed by atoms with Gasteiger partial charge in [0.05, 0.1) is 11.4 Å². The fourth-order valence-electron chi connectivity index (χ4n) is 2.18. The Kier molecular flexibility index (Phi) is 3.28. The van der Waals surface area contributed by atoms with Crippen molar-refractivity contribution in [3.8, 4) is 5.69 Å². The summed E-state index contributed by atoms with van der Waals surface area (Å²) >= 11 is 0. The lowest BCUT2D eigenvalue weighted by molar-refractivity contribution is 0.610. The SMILES string of the molecule is CCCc1c(N)c(=O)n(-c2ccc(C)cc2)n1C. The maximum absolute atomic E-state index is 12.2. The molecule has 2 aromatic rings. The third-order valence-corrected chi connectivity index (χ3v) is 3.19. The Labute approximate surface area is 107 Å². The van der Waals surface area contributed by atoms with Crippen LogP contribution in [0.25, 0.3) is 5.69 Å². The lowest BCUT2D eigenvalue weighted by Crippen LogP contribution is -2.20. The van der Waals surface area contributed by atoms with Crippen LogP contribution in [0.5, 0.6) is 0 Å². The molecular weight excluding hydrogens is 226 g/mol. The molecule has 2 rings (SSSR count). The molecular formula is C14H19N3O. The van der Waals surface area contributed by atoms with Crippen molar-refractivity contribution < 1.29 is 0 Å². The van der Waals surface area contributed by atoms with Gasteiger partial charge in [0, 0.05) is 7.05 Å². The average molecular weight is 245 g/mol. The molecule has 0 unspecified atom stereocenters. The molecule has 2 N–H and O–H groups in total. The fourth-order valence-corrected chi connectivity index (χ4v) is 2.18. The van der Waals surface area contributed by atoms with Gasteiger partial charge in [0.1, 0.15) is 5.69 Å². The third kappa shape index (κ3) is 1.94. The molecule has 4 heteroatoms. The first-order valence-electron chi connectivity index (χ1n) is 6.19. The van der Waals surface area contributed by atoms with E-state index < -0.39 is 0 Å². The number of anilines is 1. The van der Waals surface area contributed by atoms with E-state index in [0.717, 1.165) is 24.2 Å². The van der Waals surface area contributed by atoms with Crippen molar-refractivity contribution in [1.82, 2.24) is 9.36 Å². The van der Waals surface area contributed by atoms with Crippen LogP contribution in [0.15, 0.2) is 29.1 Å². The van der Waals surface area contributed by atoms with E-state index in [1.165, 1.54) is 5.56 Å². The van der Waals surface area contributed by atoms with Crippen molar-refractivity contribution >= 4 is 5.69 Å². The van der Waals surface area contributed by atoms with Crippen LogP contribution >= 0.6 is 0 Å². The van der Waals surface area contributed by atoms with E-state index in [2.05, 4.69) is 6.92 Å². The zero-order valence-corrected chi connectivity index (χ0v) is 11.1. The molecule has 1 heterocycles. The highest BCUT2D eigenvalue weighted by Gasteiger charge is 2.15. The molecule has 0 bridgehead atoms. The highest BCUT2D eigenvalue weighted by Crippen LogP contribution is 2.14.